The van der Waals surface area contributed by atoms with Crippen LogP contribution in [0.15, 0.2) is 54.6 Å². The quantitative estimate of drug-likeness (QED) is 0.405. The Kier molecular flexibility index (Phi) is 6.15. The molecule has 0 aliphatic rings. The summed E-state index contributed by atoms with van der Waals surface area (Å²) in [4.78, 5) is 17.5. The molecule has 2 aromatic carbocycles. The van der Waals surface area contributed by atoms with Crippen LogP contribution in [-0.4, -0.2) is 26.8 Å². The van der Waals surface area contributed by atoms with Gasteiger partial charge in [-0.2, -0.15) is 10.1 Å². The first kappa shape index (κ1) is 21.8. The van der Waals surface area contributed by atoms with Crippen molar-refractivity contribution in [2.75, 3.05) is 5.32 Å². The van der Waals surface area contributed by atoms with Gasteiger partial charge in [0.15, 0.2) is 11.8 Å². The van der Waals surface area contributed by atoms with Crippen LogP contribution in [0.4, 0.5) is 5.69 Å². The van der Waals surface area contributed by atoms with Crippen LogP contribution >= 0.6 is 11.6 Å². The molecule has 1 N–H and O–H groups in total. The lowest BCUT2D eigenvalue weighted by Gasteiger charge is -2.16. The Morgan fingerprint density at radius 1 is 1.16 bits per heavy atom. The maximum atomic E-state index is 12.8. The number of carbonyl (C=O) groups excluding carboxylic acids is 1. The van der Waals surface area contributed by atoms with Gasteiger partial charge in [-0.1, -0.05) is 48.0 Å². The molecule has 0 radical (unpaired) electrons. The Balaban J connectivity index is 1.68. The summed E-state index contributed by atoms with van der Waals surface area (Å²) in [7, 11) is 0. The number of ether oxygens (including phenoxy) is 1. The predicted octanol–water partition coefficient (Wildman–Crippen LogP) is 5.79. The smallest absolute Gasteiger partial charge is 0.265 e. The molecule has 0 unspecified atom stereocenters. The summed E-state index contributed by atoms with van der Waals surface area (Å²) in [6.45, 7) is 8.24. The van der Waals surface area contributed by atoms with Crippen molar-refractivity contribution in [1.82, 2.24) is 14.8 Å². The van der Waals surface area contributed by atoms with Crippen LogP contribution in [0.3, 0.4) is 0 Å². The molecule has 4 aromatic rings. The fraction of sp³-hybridized carbons (Fsp3) is 0.240. The number of nitrogens with zero attached hydrogens (tertiary/aromatic N) is 3. The molecule has 0 spiro atoms. The van der Waals surface area contributed by atoms with Crippen LogP contribution in [0.25, 0.3) is 22.2 Å². The van der Waals surface area contributed by atoms with Gasteiger partial charge in [0.05, 0.1) is 11.1 Å². The molecule has 7 heteroatoms. The van der Waals surface area contributed by atoms with Crippen LogP contribution in [0.5, 0.6) is 5.88 Å². The lowest BCUT2D eigenvalue weighted by molar-refractivity contribution is -0.122. The molecule has 0 aliphatic carbocycles. The highest BCUT2D eigenvalue weighted by Crippen LogP contribution is 2.33. The van der Waals surface area contributed by atoms with Gasteiger partial charge in [0.1, 0.15) is 0 Å². The summed E-state index contributed by atoms with van der Waals surface area (Å²) in [5, 5.41) is 9.10. The molecule has 0 bridgehead atoms. The number of amides is 1. The minimum absolute atomic E-state index is 0.279. The monoisotopic (exact) mass is 448 g/mol. The van der Waals surface area contributed by atoms with E-state index in [1.165, 1.54) is 0 Å². The third-order valence-corrected chi connectivity index (χ3v) is 5.84. The largest absolute Gasteiger partial charge is 0.464 e. The van der Waals surface area contributed by atoms with E-state index in [1.54, 1.807) is 19.1 Å². The van der Waals surface area contributed by atoms with Gasteiger partial charge in [-0.15, -0.1) is 0 Å². The number of aromatic nitrogens is 3. The van der Waals surface area contributed by atoms with Gasteiger partial charge in [0.2, 0.25) is 5.88 Å². The SMILES string of the molecule is CCn1nc(C)c2c(-c3ccccc3)cc(O[C@H](C)C(=O)Nc3cccc(Cl)c3C)nc21. The number of benzene rings is 2. The number of aryl methyl sites for hydroxylation is 2. The molecular weight excluding hydrogens is 424 g/mol. The van der Waals surface area contributed by atoms with Crippen LogP contribution in [-0.2, 0) is 11.3 Å². The van der Waals surface area contributed by atoms with E-state index in [9.17, 15) is 4.79 Å². The average molecular weight is 449 g/mol. The van der Waals surface area contributed by atoms with Gasteiger partial charge in [-0.05, 0) is 56.5 Å². The van der Waals surface area contributed by atoms with E-state index < -0.39 is 6.10 Å². The fourth-order valence-corrected chi connectivity index (χ4v) is 3.84. The normalized spacial score (nSPS) is 12.0. The molecule has 2 heterocycles. The maximum Gasteiger partial charge on any atom is 0.265 e. The second-order valence-corrected chi connectivity index (χ2v) is 8.04. The van der Waals surface area contributed by atoms with E-state index in [0.29, 0.717) is 23.1 Å². The minimum Gasteiger partial charge on any atom is -0.464 e. The first-order chi connectivity index (χ1) is 15.4. The Morgan fingerprint density at radius 3 is 2.62 bits per heavy atom. The second kappa shape index (κ2) is 9.01. The standard InChI is InChI=1S/C25H25ClN4O2/c1-5-30-24-23(16(3)29-30)19(18-10-7-6-8-11-18)14-22(28-24)32-17(4)25(31)27-21-13-9-12-20(26)15(21)2/h6-14,17H,5H2,1-4H3,(H,27,31)/t17-/m1/s1. The van der Waals surface area contributed by atoms with Crippen molar-refractivity contribution in [3.8, 4) is 17.0 Å². The van der Waals surface area contributed by atoms with Gasteiger partial charge in [0, 0.05) is 23.3 Å². The van der Waals surface area contributed by atoms with Crippen molar-refractivity contribution >= 4 is 34.2 Å². The lowest BCUT2D eigenvalue weighted by atomic mass is 10.0. The van der Waals surface area contributed by atoms with Gasteiger partial charge >= 0.3 is 0 Å². The first-order valence-electron chi connectivity index (χ1n) is 10.5. The number of nitrogens with one attached hydrogen (secondary N) is 1. The first-order valence-corrected chi connectivity index (χ1v) is 10.9. The van der Waals surface area contributed by atoms with Gasteiger partial charge < -0.3 is 10.1 Å². The van der Waals surface area contributed by atoms with Crippen LogP contribution < -0.4 is 10.1 Å². The zero-order valence-corrected chi connectivity index (χ0v) is 19.3. The topological polar surface area (TPSA) is 69.0 Å². The van der Waals surface area contributed by atoms with E-state index in [-0.39, 0.29) is 5.91 Å². The third-order valence-electron chi connectivity index (χ3n) is 5.43. The molecule has 0 saturated heterocycles. The highest BCUT2D eigenvalue weighted by Gasteiger charge is 2.20. The number of anilines is 1. The average Bonchev–Trinajstić information content (AvgIpc) is 3.12. The molecule has 164 valence electrons. The molecule has 6 nitrogen and oxygen atoms in total. The van der Waals surface area contributed by atoms with E-state index >= 15 is 0 Å². The van der Waals surface area contributed by atoms with Crippen LogP contribution in [0.1, 0.15) is 25.1 Å². The molecule has 0 fully saturated rings. The number of carbonyl (C=O) groups is 1. The summed E-state index contributed by atoms with van der Waals surface area (Å²) >= 11 is 6.17. The maximum absolute atomic E-state index is 12.8. The minimum atomic E-state index is -0.763. The van der Waals surface area contributed by atoms with Crippen molar-refractivity contribution in [2.45, 2.75) is 40.3 Å². The fourth-order valence-electron chi connectivity index (χ4n) is 3.67. The van der Waals surface area contributed by atoms with E-state index in [0.717, 1.165) is 33.4 Å². The van der Waals surface area contributed by atoms with Crippen molar-refractivity contribution in [2.24, 2.45) is 0 Å². The van der Waals surface area contributed by atoms with Gasteiger partial charge in [-0.3, -0.25) is 4.79 Å². The second-order valence-electron chi connectivity index (χ2n) is 7.64. The summed E-state index contributed by atoms with van der Waals surface area (Å²) in [6, 6.07) is 17.3. The number of hydrogen-bond donors (Lipinski definition) is 1. The summed E-state index contributed by atoms with van der Waals surface area (Å²) in [5.74, 6) is 0.0927. The number of hydrogen-bond acceptors (Lipinski definition) is 4. The van der Waals surface area contributed by atoms with E-state index in [1.807, 2.05) is 67.9 Å². The highest BCUT2D eigenvalue weighted by atomic mass is 35.5. The van der Waals surface area contributed by atoms with Crippen LogP contribution in [0.2, 0.25) is 5.02 Å². The Hall–Kier alpha value is -3.38. The van der Waals surface area contributed by atoms with Crippen LogP contribution in [0, 0.1) is 13.8 Å². The third kappa shape index (κ3) is 4.18. The summed E-state index contributed by atoms with van der Waals surface area (Å²) in [5.41, 5.74) is 5.12. The zero-order valence-electron chi connectivity index (χ0n) is 18.5. The summed E-state index contributed by atoms with van der Waals surface area (Å²) < 4.78 is 7.85. The molecular formula is C25H25ClN4O2. The van der Waals surface area contributed by atoms with E-state index in [4.69, 9.17) is 21.3 Å². The number of fused-ring (bicyclic) bond motifs is 1. The molecule has 4 rings (SSSR count). The van der Waals surface area contributed by atoms with E-state index in [2.05, 4.69) is 10.4 Å². The predicted molar refractivity (Wildman–Crippen MR) is 128 cm³/mol. The number of pyridine rings is 1. The van der Waals surface area contributed by atoms with Crippen molar-refractivity contribution in [3.63, 3.8) is 0 Å². The molecule has 32 heavy (non-hydrogen) atoms. The van der Waals surface area contributed by atoms with Gasteiger partial charge in [0.25, 0.3) is 5.91 Å². The number of rotatable bonds is 6. The van der Waals surface area contributed by atoms with Crippen molar-refractivity contribution in [3.05, 3.63) is 70.9 Å². The lowest BCUT2D eigenvalue weighted by Crippen LogP contribution is -2.30. The number of halogens is 1. The van der Waals surface area contributed by atoms with Gasteiger partial charge in [-0.25, -0.2) is 4.68 Å². The molecule has 0 aliphatic heterocycles. The summed E-state index contributed by atoms with van der Waals surface area (Å²) in [6.07, 6.45) is -0.763. The van der Waals surface area contributed by atoms with Crippen molar-refractivity contribution < 1.29 is 9.53 Å². The molecule has 1 atom stereocenters. The molecule has 1 amide bonds. The Labute approximate surface area is 192 Å². The highest BCUT2D eigenvalue weighted by molar-refractivity contribution is 6.31. The van der Waals surface area contributed by atoms with Crippen molar-refractivity contribution in [1.29, 1.82) is 0 Å². The molecule has 2 aromatic heterocycles. The Bertz CT molecular complexity index is 1280. The molecule has 0 saturated carbocycles. The Morgan fingerprint density at radius 2 is 1.91 bits per heavy atom. The zero-order chi connectivity index (χ0) is 22.8.